The van der Waals surface area contributed by atoms with E-state index in [0.717, 1.165) is 10.7 Å². The minimum atomic E-state index is 0.430. The number of rotatable bonds is 4. The second-order valence-corrected chi connectivity index (χ2v) is 3.75. The number of nitrogens with zero attached hydrogens (tertiary/aromatic N) is 2. The Bertz CT molecular complexity index is 298. The smallest absolute Gasteiger partial charge is 0.138 e. The Hall–Kier alpha value is -1.16. The van der Waals surface area contributed by atoms with Crippen LogP contribution in [0.1, 0.15) is 15.6 Å². The second kappa shape index (κ2) is 4.77. The SMILES string of the molecule is C=CCON=Cc1nc(C)c(C)s1. The maximum Gasteiger partial charge on any atom is 0.138 e. The largest absolute Gasteiger partial charge is 0.392 e. The van der Waals surface area contributed by atoms with E-state index >= 15 is 0 Å². The molecule has 13 heavy (non-hydrogen) atoms. The first-order valence-corrected chi connectivity index (χ1v) is 4.76. The van der Waals surface area contributed by atoms with Gasteiger partial charge in [-0.15, -0.1) is 11.3 Å². The summed E-state index contributed by atoms with van der Waals surface area (Å²) in [6.45, 7) is 7.96. The average molecular weight is 196 g/mol. The lowest BCUT2D eigenvalue weighted by Crippen LogP contribution is -1.84. The zero-order valence-electron chi connectivity index (χ0n) is 7.78. The van der Waals surface area contributed by atoms with Gasteiger partial charge in [-0.05, 0) is 13.8 Å². The van der Waals surface area contributed by atoms with Crippen LogP contribution in [0.3, 0.4) is 0 Å². The van der Waals surface area contributed by atoms with Crippen LogP contribution < -0.4 is 0 Å². The summed E-state index contributed by atoms with van der Waals surface area (Å²) in [6.07, 6.45) is 3.27. The van der Waals surface area contributed by atoms with E-state index in [1.807, 2.05) is 13.8 Å². The van der Waals surface area contributed by atoms with E-state index in [4.69, 9.17) is 4.84 Å². The van der Waals surface area contributed by atoms with Gasteiger partial charge in [0, 0.05) is 4.88 Å². The summed E-state index contributed by atoms with van der Waals surface area (Å²) < 4.78 is 0. The van der Waals surface area contributed by atoms with Gasteiger partial charge in [-0.1, -0.05) is 17.8 Å². The molecule has 0 aromatic carbocycles. The fourth-order valence-corrected chi connectivity index (χ4v) is 1.52. The summed E-state index contributed by atoms with van der Waals surface area (Å²) >= 11 is 1.61. The van der Waals surface area contributed by atoms with Crippen LogP contribution in [-0.2, 0) is 4.84 Å². The number of oxime groups is 1. The highest BCUT2D eigenvalue weighted by atomic mass is 32.1. The first kappa shape index (κ1) is 9.92. The molecule has 0 spiro atoms. The number of hydrogen-bond acceptors (Lipinski definition) is 4. The molecule has 0 radical (unpaired) electrons. The maximum atomic E-state index is 4.85. The van der Waals surface area contributed by atoms with E-state index in [1.54, 1.807) is 23.6 Å². The Labute approximate surface area is 81.8 Å². The van der Waals surface area contributed by atoms with Crippen molar-refractivity contribution in [2.45, 2.75) is 13.8 Å². The Morgan fingerprint density at radius 3 is 2.92 bits per heavy atom. The van der Waals surface area contributed by atoms with E-state index in [9.17, 15) is 0 Å². The molecule has 1 aromatic heterocycles. The highest BCUT2D eigenvalue weighted by Gasteiger charge is 1.99. The van der Waals surface area contributed by atoms with Crippen LogP contribution in [0.4, 0.5) is 0 Å². The highest BCUT2D eigenvalue weighted by molar-refractivity contribution is 7.13. The van der Waals surface area contributed by atoms with Crippen molar-refractivity contribution in [2.75, 3.05) is 6.61 Å². The molecule has 0 aliphatic carbocycles. The van der Waals surface area contributed by atoms with Gasteiger partial charge in [0.15, 0.2) is 0 Å². The lowest BCUT2D eigenvalue weighted by atomic mass is 10.4. The van der Waals surface area contributed by atoms with Gasteiger partial charge in [0.1, 0.15) is 17.8 Å². The second-order valence-electron chi connectivity index (χ2n) is 2.51. The van der Waals surface area contributed by atoms with Crippen LogP contribution in [0.15, 0.2) is 17.8 Å². The van der Waals surface area contributed by atoms with Gasteiger partial charge in [-0.25, -0.2) is 4.98 Å². The molecule has 0 aliphatic rings. The molecular weight excluding hydrogens is 184 g/mol. The summed E-state index contributed by atoms with van der Waals surface area (Å²) in [4.78, 5) is 10.3. The summed E-state index contributed by atoms with van der Waals surface area (Å²) in [5, 5.41) is 4.61. The molecular formula is C9H12N2OS. The monoisotopic (exact) mass is 196 g/mol. The van der Waals surface area contributed by atoms with E-state index in [1.165, 1.54) is 4.88 Å². The molecule has 0 aliphatic heterocycles. The number of hydrogen-bond donors (Lipinski definition) is 0. The topological polar surface area (TPSA) is 34.5 Å². The third kappa shape index (κ3) is 2.99. The number of thiazole rings is 1. The van der Waals surface area contributed by atoms with E-state index in [0.29, 0.717) is 6.61 Å². The Morgan fingerprint density at radius 2 is 2.38 bits per heavy atom. The first-order chi connectivity index (χ1) is 6.24. The van der Waals surface area contributed by atoms with Crippen LogP contribution >= 0.6 is 11.3 Å². The van der Waals surface area contributed by atoms with Crippen molar-refractivity contribution in [2.24, 2.45) is 5.16 Å². The van der Waals surface area contributed by atoms with Crippen molar-refractivity contribution < 1.29 is 4.84 Å². The fraction of sp³-hybridized carbons (Fsp3) is 0.333. The van der Waals surface area contributed by atoms with Crippen LogP contribution in [-0.4, -0.2) is 17.8 Å². The van der Waals surface area contributed by atoms with Crippen molar-refractivity contribution >= 4 is 17.6 Å². The third-order valence-electron chi connectivity index (χ3n) is 1.48. The molecule has 0 N–H and O–H groups in total. The number of aromatic nitrogens is 1. The molecule has 0 saturated heterocycles. The van der Waals surface area contributed by atoms with Crippen LogP contribution in [0.2, 0.25) is 0 Å². The van der Waals surface area contributed by atoms with Crippen LogP contribution in [0.25, 0.3) is 0 Å². The van der Waals surface area contributed by atoms with Gasteiger partial charge in [-0.2, -0.15) is 0 Å². The van der Waals surface area contributed by atoms with Gasteiger partial charge >= 0.3 is 0 Å². The predicted octanol–water partition coefficient (Wildman–Crippen LogP) is 2.30. The Morgan fingerprint density at radius 1 is 1.62 bits per heavy atom. The zero-order chi connectivity index (χ0) is 9.68. The van der Waals surface area contributed by atoms with Gasteiger partial charge in [0.2, 0.25) is 0 Å². The first-order valence-electron chi connectivity index (χ1n) is 3.94. The quantitative estimate of drug-likeness (QED) is 0.320. The maximum absolute atomic E-state index is 4.85. The third-order valence-corrected chi connectivity index (χ3v) is 2.48. The van der Waals surface area contributed by atoms with E-state index in [2.05, 4.69) is 16.7 Å². The van der Waals surface area contributed by atoms with Gasteiger partial charge in [-0.3, -0.25) is 0 Å². The Kier molecular flexibility index (Phi) is 3.64. The van der Waals surface area contributed by atoms with Crippen molar-refractivity contribution in [1.82, 2.24) is 4.98 Å². The molecule has 0 saturated carbocycles. The average Bonchev–Trinajstić information content (AvgIpc) is 2.41. The lowest BCUT2D eigenvalue weighted by Gasteiger charge is -1.88. The van der Waals surface area contributed by atoms with E-state index in [-0.39, 0.29) is 0 Å². The minimum absolute atomic E-state index is 0.430. The normalized spacial score (nSPS) is 10.6. The molecule has 0 unspecified atom stereocenters. The van der Waals surface area contributed by atoms with Crippen molar-refractivity contribution in [1.29, 1.82) is 0 Å². The summed E-state index contributed by atoms with van der Waals surface area (Å²) in [6, 6.07) is 0. The Balaban J connectivity index is 2.53. The summed E-state index contributed by atoms with van der Waals surface area (Å²) in [5.74, 6) is 0. The van der Waals surface area contributed by atoms with Gasteiger partial charge in [0.05, 0.1) is 5.69 Å². The molecule has 1 heterocycles. The van der Waals surface area contributed by atoms with Crippen molar-refractivity contribution in [3.05, 3.63) is 28.2 Å². The minimum Gasteiger partial charge on any atom is -0.392 e. The molecule has 3 nitrogen and oxygen atoms in total. The molecule has 0 fully saturated rings. The van der Waals surface area contributed by atoms with E-state index < -0.39 is 0 Å². The molecule has 4 heteroatoms. The van der Waals surface area contributed by atoms with Gasteiger partial charge in [0.25, 0.3) is 0 Å². The molecule has 0 amide bonds. The molecule has 0 bridgehead atoms. The van der Waals surface area contributed by atoms with Crippen molar-refractivity contribution in [3.63, 3.8) is 0 Å². The molecule has 1 rings (SSSR count). The predicted molar refractivity (Wildman–Crippen MR) is 55.3 cm³/mol. The van der Waals surface area contributed by atoms with Crippen molar-refractivity contribution in [3.8, 4) is 0 Å². The number of aryl methyl sites for hydroxylation is 2. The van der Waals surface area contributed by atoms with Crippen LogP contribution in [0.5, 0.6) is 0 Å². The molecule has 0 atom stereocenters. The molecule has 70 valence electrons. The van der Waals surface area contributed by atoms with Crippen LogP contribution in [0, 0.1) is 13.8 Å². The fourth-order valence-electron chi connectivity index (χ4n) is 0.731. The van der Waals surface area contributed by atoms with Gasteiger partial charge < -0.3 is 4.84 Å². The zero-order valence-corrected chi connectivity index (χ0v) is 8.60. The summed E-state index contributed by atoms with van der Waals surface area (Å²) in [7, 11) is 0. The molecule has 1 aromatic rings. The lowest BCUT2D eigenvalue weighted by molar-refractivity contribution is 0.176. The standard InChI is InChI=1S/C9H12N2OS/c1-4-5-12-10-6-9-11-7(2)8(3)13-9/h4,6H,1,5H2,2-3H3. The summed E-state index contributed by atoms with van der Waals surface area (Å²) in [5.41, 5.74) is 1.05. The highest BCUT2D eigenvalue weighted by Crippen LogP contribution is 2.14.